The van der Waals surface area contributed by atoms with E-state index in [-0.39, 0.29) is 0 Å². The molecular formula is C17H13N3O. The zero-order valence-corrected chi connectivity index (χ0v) is 11.5. The fourth-order valence-corrected chi connectivity index (χ4v) is 2.25. The Morgan fingerprint density at radius 1 is 1.10 bits per heavy atom. The van der Waals surface area contributed by atoms with Gasteiger partial charge in [-0.3, -0.25) is 4.98 Å². The van der Waals surface area contributed by atoms with E-state index in [4.69, 9.17) is 4.74 Å². The first-order valence-corrected chi connectivity index (χ1v) is 6.51. The minimum atomic E-state index is 0.500. The number of hydrogen-bond acceptors (Lipinski definition) is 4. The van der Waals surface area contributed by atoms with Crippen molar-refractivity contribution in [3.8, 4) is 11.8 Å². The smallest absolute Gasteiger partial charge is 0.145 e. The lowest BCUT2D eigenvalue weighted by atomic mass is 10.1. The summed E-state index contributed by atoms with van der Waals surface area (Å²) in [6.07, 6.45) is 1.57. The molecule has 3 aromatic rings. The largest absolute Gasteiger partial charge is 0.494 e. The Morgan fingerprint density at radius 3 is 2.62 bits per heavy atom. The number of pyridine rings is 1. The molecule has 0 saturated heterocycles. The molecule has 4 heteroatoms. The highest BCUT2D eigenvalue weighted by Gasteiger charge is 2.11. The van der Waals surface area contributed by atoms with Crippen LogP contribution in [0, 0.1) is 11.3 Å². The fraction of sp³-hybridized carbons (Fsp3) is 0.0588. The Morgan fingerprint density at radius 2 is 1.90 bits per heavy atom. The molecule has 0 aliphatic carbocycles. The van der Waals surface area contributed by atoms with E-state index in [1.807, 2.05) is 48.5 Å². The van der Waals surface area contributed by atoms with Crippen LogP contribution < -0.4 is 10.1 Å². The first-order chi connectivity index (χ1) is 10.3. The summed E-state index contributed by atoms with van der Waals surface area (Å²) in [5, 5.41) is 13.5. The zero-order valence-electron chi connectivity index (χ0n) is 11.5. The number of nitrogens with one attached hydrogen (secondary N) is 1. The summed E-state index contributed by atoms with van der Waals surface area (Å²) in [6.45, 7) is 0. The highest BCUT2D eigenvalue weighted by molar-refractivity contribution is 5.98. The van der Waals surface area contributed by atoms with Gasteiger partial charge in [0.25, 0.3) is 0 Å². The van der Waals surface area contributed by atoms with Crippen LogP contribution in [0.4, 0.5) is 11.4 Å². The lowest BCUT2D eigenvalue weighted by molar-refractivity contribution is 0.419. The SMILES string of the molecule is COc1cccc2c(Nc3ccccc3)c(C#N)cnc12. The van der Waals surface area contributed by atoms with Gasteiger partial charge in [-0.15, -0.1) is 0 Å². The predicted molar refractivity (Wildman–Crippen MR) is 82.7 cm³/mol. The third kappa shape index (κ3) is 2.37. The molecule has 0 radical (unpaired) electrons. The van der Waals surface area contributed by atoms with E-state index in [0.717, 1.165) is 22.3 Å². The van der Waals surface area contributed by atoms with Gasteiger partial charge in [0.1, 0.15) is 17.3 Å². The molecule has 4 nitrogen and oxygen atoms in total. The normalized spacial score (nSPS) is 10.1. The average molecular weight is 275 g/mol. The lowest BCUT2D eigenvalue weighted by Gasteiger charge is -2.12. The van der Waals surface area contributed by atoms with Crippen molar-refractivity contribution >= 4 is 22.3 Å². The molecule has 1 N–H and O–H groups in total. The number of fused-ring (bicyclic) bond motifs is 1. The molecule has 3 rings (SSSR count). The van der Waals surface area contributed by atoms with Gasteiger partial charge in [0.2, 0.25) is 0 Å². The number of para-hydroxylation sites is 2. The number of methoxy groups -OCH3 is 1. The van der Waals surface area contributed by atoms with Gasteiger partial charge in [0.15, 0.2) is 0 Å². The van der Waals surface area contributed by atoms with Gasteiger partial charge in [-0.25, -0.2) is 0 Å². The van der Waals surface area contributed by atoms with Gasteiger partial charge in [0.05, 0.1) is 18.4 Å². The second kappa shape index (κ2) is 5.51. The standard InChI is InChI=1S/C17H13N3O/c1-21-15-9-5-8-14-16(12(10-18)11-19-17(14)15)20-13-6-3-2-4-7-13/h2-9,11H,1H3,(H,19,20). The third-order valence-corrected chi connectivity index (χ3v) is 3.24. The highest BCUT2D eigenvalue weighted by Crippen LogP contribution is 2.32. The minimum absolute atomic E-state index is 0.500. The van der Waals surface area contributed by atoms with Crippen LogP contribution in [0.15, 0.2) is 54.7 Å². The summed E-state index contributed by atoms with van der Waals surface area (Å²) >= 11 is 0. The number of nitriles is 1. The molecule has 0 atom stereocenters. The summed E-state index contributed by atoms with van der Waals surface area (Å²) < 4.78 is 5.33. The van der Waals surface area contributed by atoms with Crippen molar-refractivity contribution < 1.29 is 4.74 Å². The van der Waals surface area contributed by atoms with Gasteiger partial charge in [-0.2, -0.15) is 5.26 Å². The van der Waals surface area contributed by atoms with Gasteiger partial charge >= 0.3 is 0 Å². The third-order valence-electron chi connectivity index (χ3n) is 3.24. The maximum atomic E-state index is 9.32. The van der Waals surface area contributed by atoms with Crippen molar-refractivity contribution in [3.05, 3.63) is 60.3 Å². The summed E-state index contributed by atoms with van der Waals surface area (Å²) in [6, 6.07) is 17.6. The lowest BCUT2D eigenvalue weighted by Crippen LogP contribution is -1.97. The second-order valence-electron chi connectivity index (χ2n) is 4.51. The Balaban J connectivity index is 2.22. The Bertz CT molecular complexity index is 823. The van der Waals surface area contributed by atoms with E-state index in [2.05, 4.69) is 16.4 Å². The molecule has 102 valence electrons. The Hall–Kier alpha value is -3.06. The van der Waals surface area contributed by atoms with Crippen molar-refractivity contribution in [3.63, 3.8) is 0 Å². The van der Waals surface area contributed by atoms with Crippen LogP contribution in [-0.2, 0) is 0 Å². The number of nitrogens with zero attached hydrogens (tertiary/aromatic N) is 2. The minimum Gasteiger partial charge on any atom is -0.494 e. The molecule has 0 saturated carbocycles. The van der Waals surface area contributed by atoms with Crippen molar-refractivity contribution in [2.24, 2.45) is 0 Å². The summed E-state index contributed by atoms with van der Waals surface area (Å²) in [5.74, 6) is 0.688. The van der Waals surface area contributed by atoms with Crippen molar-refractivity contribution in [2.75, 3.05) is 12.4 Å². The van der Waals surface area contributed by atoms with Crippen LogP contribution >= 0.6 is 0 Å². The molecular weight excluding hydrogens is 262 g/mol. The first-order valence-electron chi connectivity index (χ1n) is 6.51. The Kier molecular flexibility index (Phi) is 3.40. The number of rotatable bonds is 3. The Labute approximate surface area is 122 Å². The second-order valence-corrected chi connectivity index (χ2v) is 4.51. The van der Waals surface area contributed by atoms with E-state index in [9.17, 15) is 5.26 Å². The van der Waals surface area contributed by atoms with E-state index < -0.39 is 0 Å². The quantitative estimate of drug-likeness (QED) is 0.788. The van der Waals surface area contributed by atoms with E-state index in [1.165, 1.54) is 0 Å². The van der Waals surface area contributed by atoms with Crippen LogP contribution in [0.3, 0.4) is 0 Å². The van der Waals surface area contributed by atoms with Gasteiger partial charge < -0.3 is 10.1 Å². The molecule has 0 amide bonds. The van der Waals surface area contributed by atoms with Crippen LogP contribution in [0.5, 0.6) is 5.75 Å². The number of aromatic nitrogens is 1. The molecule has 0 unspecified atom stereocenters. The summed E-state index contributed by atoms with van der Waals surface area (Å²) in [5.41, 5.74) is 2.90. The molecule has 21 heavy (non-hydrogen) atoms. The van der Waals surface area contributed by atoms with Gasteiger partial charge in [0, 0.05) is 17.3 Å². The maximum absolute atomic E-state index is 9.32. The molecule has 0 bridgehead atoms. The maximum Gasteiger partial charge on any atom is 0.145 e. The van der Waals surface area contributed by atoms with Crippen molar-refractivity contribution in [1.82, 2.24) is 4.98 Å². The van der Waals surface area contributed by atoms with E-state index >= 15 is 0 Å². The van der Waals surface area contributed by atoms with Crippen LogP contribution in [0.1, 0.15) is 5.56 Å². The first kappa shape index (κ1) is 12.9. The number of ether oxygens (including phenoxy) is 1. The van der Waals surface area contributed by atoms with Crippen LogP contribution in [0.25, 0.3) is 10.9 Å². The van der Waals surface area contributed by atoms with Crippen molar-refractivity contribution in [1.29, 1.82) is 5.26 Å². The van der Waals surface area contributed by atoms with E-state index in [1.54, 1.807) is 13.3 Å². The van der Waals surface area contributed by atoms with Crippen molar-refractivity contribution in [2.45, 2.75) is 0 Å². The number of anilines is 2. The predicted octanol–water partition coefficient (Wildman–Crippen LogP) is 3.86. The van der Waals surface area contributed by atoms with Crippen LogP contribution in [-0.4, -0.2) is 12.1 Å². The average Bonchev–Trinajstić information content (AvgIpc) is 2.55. The van der Waals surface area contributed by atoms with Gasteiger partial charge in [-0.05, 0) is 18.2 Å². The molecule has 0 spiro atoms. The zero-order chi connectivity index (χ0) is 14.7. The molecule has 0 fully saturated rings. The van der Waals surface area contributed by atoms with Crippen LogP contribution in [0.2, 0.25) is 0 Å². The molecule has 2 aromatic carbocycles. The molecule has 1 heterocycles. The molecule has 0 aliphatic rings. The fourth-order valence-electron chi connectivity index (χ4n) is 2.25. The molecule has 0 aliphatic heterocycles. The number of benzene rings is 2. The van der Waals surface area contributed by atoms with Gasteiger partial charge in [-0.1, -0.05) is 30.3 Å². The topological polar surface area (TPSA) is 57.9 Å². The monoisotopic (exact) mass is 275 g/mol. The number of hydrogen-bond donors (Lipinski definition) is 1. The highest BCUT2D eigenvalue weighted by atomic mass is 16.5. The summed E-state index contributed by atoms with van der Waals surface area (Å²) in [4.78, 5) is 4.34. The molecule has 1 aromatic heterocycles. The summed E-state index contributed by atoms with van der Waals surface area (Å²) in [7, 11) is 1.61. The van der Waals surface area contributed by atoms with E-state index in [0.29, 0.717) is 11.3 Å².